The molecule has 1 N–H and O–H groups in total. The predicted octanol–water partition coefficient (Wildman–Crippen LogP) is 4.78. The van der Waals surface area contributed by atoms with Gasteiger partial charge in [-0.25, -0.2) is 4.31 Å². The van der Waals surface area contributed by atoms with E-state index in [4.69, 9.17) is 0 Å². The third-order valence-corrected chi connectivity index (χ3v) is 9.20. The first-order chi connectivity index (χ1) is 19.8. The van der Waals surface area contributed by atoms with Gasteiger partial charge in [0, 0.05) is 33.1 Å². The first-order valence-electron chi connectivity index (χ1n) is 14.3. The topological polar surface area (TPSA) is 90.0 Å². The molecule has 2 atom stereocenters. The minimum Gasteiger partial charge on any atom is -0.352 e. The van der Waals surface area contributed by atoms with E-state index in [1.807, 2.05) is 101 Å². The molecule has 0 aliphatic heterocycles. The van der Waals surface area contributed by atoms with Crippen molar-refractivity contribution in [2.24, 2.45) is 0 Å². The van der Waals surface area contributed by atoms with Crippen LogP contribution in [0.25, 0.3) is 0 Å². The van der Waals surface area contributed by atoms with E-state index >= 15 is 0 Å². The Labute approximate surface area is 251 Å². The zero-order chi connectivity index (χ0) is 31.0. The Bertz CT molecular complexity index is 1460. The third kappa shape index (κ3) is 8.42. The first kappa shape index (κ1) is 32.8. The van der Waals surface area contributed by atoms with Crippen LogP contribution in [-0.2, 0) is 32.8 Å². The number of anilines is 1. The lowest BCUT2D eigenvalue weighted by Gasteiger charge is -2.35. The highest BCUT2D eigenvalue weighted by molar-refractivity contribution is 7.90. The van der Waals surface area contributed by atoms with E-state index < -0.39 is 28.7 Å². The Morgan fingerprint density at radius 1 is 0.857 bits per heavy atom. The highest BCUT2D eigenvalue weighted by Crippen LogP contribution is 2.26. The maximum Gasteiger partial charge on any atom is 0.304 e. The van der Waals surface area contributed by atoms with Gasteiger partial charge < -0.3 is 10.2 Å². The second-order valence-electron chi connectivity index (χ2n) is 11.1. The maximum absolute atomic E-state index is 14.4. The molecule has 0 unspecified atom stereocenters. The standard InChI is InChI=1S/C33H44N4O4S/c1-8-27(5)34-33(39)31(21-28-12-10-9-11-13-28)36(22-29-18-15-24(2)16-19-29)32(38)23-37(42(40,41)35(6)7)30-20-25(3)14-17-26(30)4/h9-20,27,31H,8,21-23H2,1-7H3,(H,34,39)/t27-,31-/m1/s1. The zero-order valence-corrected chi connectivity index (χ0v) is 26.6. The van der Waals surface area contributed by atoms with Crippen molar-refractivity contribution in [3.05, 3.63) is 101 Å². The molecule has 0 radical (unpaired) electrons. The van der Waals surface area contributed by atoms with Gasteiger partial charge in [0.1, 0.15) is 12.6 Å². The lowest BCUT2D eigenvalue weighted by molar-refractivity contribution is -0.140. The van der Waals surface area contributed by atoms with E-state index in [2.05, 4.69) is 5.32 Å². The summed E-state index contributed by atoms with van der Waals surface area (Å²) < 4.78 is 29.5. The SMILES string of the molecule is CC[C@@H](C)NC(=O)[C@@H](Cc1ccccc1)N(Cc1ccc(C)cc1)C(=O)CN(c1cc(C)ccc1C)S(=O)(=O)N(C)C. The molecule has 0 saturated heterocycles. The number of carbonyl (C=O) groups is 2. The van der Waals surface area contributed by atoms with E-state index in [-0.39, 0.29) is 24.9 Å². The Morgan fingerprint density at radius 2 is 1.48 bits per heavy atom. The Kier molecular flexibility index (Phi) is 11.3. The van der Waals surface area contributed by atoms with Gasteiger partial charge in [-0.2, -0.15) is 12.7 Å². The fourth-order valence-electron chi connectivity index (χ4n) is 4.58. The molecule has 0 aromatic heterocycles. The molecule has 3 aromatic rings. The van der Waals surface area contributed by atoms with Crippen LogP contribution in [0.15, 0.2) is 72.8 Å². The van der Waals surface area contributed by atoms with Gasteiger partial charge in [-0.3, -0.25) is 9.59 Å². The number of aryl methyl sites for hydroxylation is 3. The van der Waals surface area contributed by atoms with Crippen LogP contribution in [0.3, 0.4) is 0 Å². The molecule has 0 spiro atoms. The van der Waals surface area contributed by atoms with Crippen molar-refractivity contribution in [1.82, 2.24) is 14.5 Å². The van der Waals surface area contributed by atoms with Crippen LogP contribution >= 0.6 is 0 Å². The number of carbonyl (C=O) groups excluding carboxylic acids is 2. The minimum absolute atomic E-state index is 0.0901. The van der Waals surface area contributed by atoms with Gasteiger partial charge in [-0.1, -0.05) is 79.2 Å². The molecule has 0 fully saturated rings. The van der Waals surface area contributed by atoms with Crippen LogP contribution < -0.4 is 9.62 Å². The second-order valence-corrected chi connectivity index (χ2v) is 13.2. The second kappa shape index (κ2) is 14.5. The van der Waals surface area contributed by atoms with Gasteiger partial charge in [0.2, 0.25) is 11.8 Å². The molecule has 0 bridgehead atoms. The average Bonchev–Trinajstić information content (AvgIpc) is 2.96. The summed E-state index contributed by atoms with van der Waals surface area (Å²) in [6.45, 7) is 9.28. The monoisotopic (exact) mass is 592 g/mol. The van der Waals surface area contributed by atoms with E-state index in [0.717, 1.165) is 42.8 Å². The van der Waals surface area contributed by atoms with Crippen LogP contribution in [0.2, 0.25) is 0 Å². The quantitative estimate of drug-likeness (QED) is 0.309. The number of hydrogen-bond acceptors (Lipinski definition) is 4. The van der Waals surface area contributed by atoms with Gasteiger partial charge in [0.25, 0.3) is 0 Å². The number of benzene rings is 3. The molecular formula is C33H44N4O4S. The number of hydrogen-bond donors (Lipinski definition) is 1. The average molecular weight is 593 g/mol. The highest BCUT2D eigenvalue weighted by atomic mass is 32.2. The molecule has 0 aliphatic carbocycles. The predicted molar refractivity (Wildman–Crippen MR) is 169 cm³/mol. The van der Waals surface area contributed by atoms with Crippen LogP contribution in [-0.4, -0.2) is 62.2 Å². The van der Waals surface area contributed by atoms with E-state index in [9.17, 15) is 18.0 Å². The van der Waals surface area contributed by atoms with E-state index in [1.165, 1.54) is 19.0 Å². The van der Waals surface area contributed by atoms with Gasteiger partial charge in [0.15, 0.2) is 0 Å². The minimum atomic E-state index is -4.05. The largest absolute Gasteiger partial charge is 0.352 e. The van der Waals surface area contributed by atoms with Crippen LogP contribution in [0.4, 0.5) is 5.69 Å². The smallest absolute Gasteiger partial charge is 0.304 e. The zero-order valence-electron chi connectivity index (χ0n) is 25.8. The Morgan fingerprint density at radius 3 is 2.07 bits per heavy atom. The number of amides is 2. The fourth-order valence-corrected chi connectivity index (χ4v) is 5.69. The summed E-state index contributed by atoms with van der Waals surface area (Å²) in [7, 11) is -1.16. The molecule has 226 valence electrons. The molecule has 3 rings (SSSR count). The van der Waals surface area contributed by atoms with Crippen LogP contribution in [0.1, 0.15) is 48.1 Å². The molecule has 8 nitrogen and oxygen atoms in total. The van der Waals surface area contributed by atoms with E-state index in [0.29, 0.717) is 5.69 Å². The van der Waals surface area contributed by atoms with Crippen molar-refractivity contribution in [3.8, 4) is 0 Å². The van der Waals surface area contributed by atoms with Gasteiger partial charge in [-0.15, -0.1) is 0 Å². The van der Waals surface area contributed by atoms with Crippen molar-refractivity contribution in [2.45, 2.75) is 66.1 Å². The summed E-state index contributed by atoms with van der Waals surface area (Å²) >= 11 is 0. The van der Waals surface area contributed by atoms with Crippen molar-refractivity contribution >= 4 is 27.7 Å². The Balaban J connectivity index is 2.13. The Hall–Kier alpha value is -3.69. The number of rotatable bonds is 13. The maximum atomic E-state index is 14.4. The van der Waals surface area contributed by atoms with Crippen molar-refractivity contribution < 1.29 is 18.0 Å². The normalized spacial score (nSPS) is 13.0. The highest BCUT2D eigenvalue weighted by Gasteiger charge is 2.35. The molecule has 0 saturated carbocycles. The first-order valence-corrected chi connectivity index (χ1v) is 15.7. The van der Waals surface area contributed by atoms with Crippen LogP contribution in [0, 0.1) is 20.8 Å². The fraction of sp³-hybridized carbons (Fsp3) is 0.394. The van der Waals surface area contributed by atoms with Crippen molar-refractivity contribution in [2.75, 3.05) is 24.9 Å². The number of nitrogens with zero attached hydrogens (tertiary/aromatic N) is 3. The van der Waals surface area contributed by atoms with Crippen molar-refractivity contribution in [3.63, 3.8) is 0 Å². The molecule has 2 amide bonds. The molecule has 3 aromatic carbocycles. The summed E-state index contributed by atoms with van der Waals surface area (Å²) in [4.78, 5) is 29.7. The molecular weight excluding hydrogens is 548 g/mol. The summed E-state index contributed by atoms with van der Waals surface area (Å²) in [5, 5.41) is 3.06. The summed E-state index contributed by atoms with van der Waals surface area (Å²) in [5.41, 5.74) is 4.83. The van der Waals surface area contributed by atoms with Crippen molar-refractivity contribution in [1.29, 1.82) is 0 Å². The van der Waals surface area contributed by atoms with Crippen LogP contribution in [0.5, 0.6) is 0 Å². The molecule has 9 heteroatoms. The van der Waals surface area contributed by atoms with E-state index in [1.54, 1.807) is 6.07 Å². The molecule has 42 heavy (non-hydrogen) atoms. The van der Waals surface area contributed by atoms with Gasteiger partial charge in [0.05, 0.1) is 5.69 Å². The third-order valence-electron chi connectivity index (χ3n) is 7.40. The molecule has 0 heterocycles. The lowest BCUT2D eigenvalue weighted by atomic mass is 10.0. The molecule has 0 aliphatic rings. The van der Waals surface area contributed by atoms with Gasteiger partial charge >= 0.3 is 10.2 Å². The summed E-state index contributed by atoms with van der Waals surface area (Å²) in [6.07, 6.45) is 1.02. The number of nitrogens with one attached hydrogen (secondary N) is 1. The summed E-state index contributed by atoms with van der Waals surface area (Å²) in [6, 6.07) is 21.9. The summed E-state index contributed by atoms with van der Waals surface area (Å²) in [5.74, 6) is -0.746. The lowest BCUT2D eigenvalue weighted by Crippen LogP contribution is -2.55. The van der Waals surface area contributed by atoms with Gasteiger partial charge in [-0.05, 0) is 62.4 Å².